The van der Waals surface area contributed by atoms with Crippen LogP contribution in [-0.4, -0.2) is 39.9 Å². The summed E-state index contributed by atoms with van der Waals surface area (Å²) < 4.78 is 2.05. The second kappa shape index (κ2) is 5.86. The number of aryl methyl sites for hydroxylation is 2. The van der Waals surface area contributed by atoms with Crippen LogP contribution >= 0.6 is 0 Å². The standard InChI is InChI=1S/C16H28N4/c1-4-5-14-10-20(16(9-17-14)13-6-7-13)11-15-8-12(2)18-19(15)3/h8,13-14,16-17H,4-7,9-11H2,1-3H3. The van der Waals surface area contributed by atoms with Gasteiger partial charge in [0.1, 0.15) is 0 Å². The van der Waals surface area contributed by atoms with Gasteiger partial charge >= 0.3 is 0 Å². The van der Waals surface area contributed by atoms with Gasteiger partial charge in [0.2, 0.25) is 0 Å². The van der Waals surface area contributed by atoms with Crippen molar-refractivity contribution in [1.82, 2.24) is 20.0 Å². The first-order valence-corrected chi connectivity index (χ1v) is 8.14. The molecular formula is C16H28N4. The SMILES string of the molecule is CCCC1CN(Cc2cc(C)nn2C)C(C2CC2)CN1. The molecule has 1 aliphatic heterocycles. The van der Waals surface area contributed by atoms with E-state index in [2.05, 4.69) is 47.0 Å². The largest absolute Gasteiger partial charge is 0.311 e. The lowest BCUT2D eigenvalue weighted by Gasteiger charge is -2.40. The van der Waals surface area contributed by atoms with E-state index in [0.717, 1.165) is 24.2 Å². The molecule has 112 valence electrons. The number of nitrogens with zero attached hydrogens (tertiary/aromatic N) is 3. The summed E-state index contributed by atoms with van der Waals surface area (Å²) in [6, 6.07) is 3.64. The van der Waals surface area contributed by atoms with Crippen LogP contribution < -0.4 is 5.32 Å². The summed E-state index contributed by atoms with van der Waals surface area (Å²) >= 11 is 0. The van der Waals surface area contributed by atoms with Gasteiger partial charge in [-0.1, -0.05) is 13.3 Å². The maximum Gasteiger partial charge on any atom is 0.0597 e. The lowest BCUT2D eigenvalue weighted by Crippen LogP contribution is -2.56. The molecule has 1 aliphatic carbocycles. The summed E-state index contributed by atoms with van der Waals surface area (Å²) in [4.78, 5) is 2.71. The van der Waals surface area contributed by atoms with Gasteiger partial charge in [0.25, 0.3) is 0 Å². The van der Waals surface area contributed by atoms with Crippen LogP contribution in [0.3, 0.4) is 0 Å². The highest BCUT2D eigenvalue weighted by atomic mass is 15.3. The van der Waals surface area contributed by atoms with Crippen LogP contribution in [0, 0.1) is 12.8 Å². The maximum atomic E-state index is 4.49. The first-order valence-electron chi connectivity index (χ1n) is 8.14. The zero-order valence-electron chi connectivity index (χ0n) is 13.1. The Labute approximate surface area is 122 Å². The molecule has 4 nitrogen and oxygen atoms in total. The third-order valence-electron chi connectivity index (χ3n) is 4.81. The number of rotatable bonds is 5. The van der Waals surface area contributed by atoms with Crippen LogP contribution in [-0.2, 0) is 13.6 Å². The molecule has 0 spiro atoms. The van der Waals surface area contributed by atoms with Crippen molar-refractivity contribution in [1.29, 1.82) is 0 Å². The van der Waals surface area contributed by atoms with Gasteiger partial charge in [0.15, 0.2) is 0 Å². The van der Waals surface area contributed by atoms with Crippen molar-refractivity contribution >= 4 is 0 Å². The third-order valence-corrected chi connectivity index (χ3v) is 4.81. The van der Waals surface area contributed by atoms with E-state index in [-0.39, 0.29) is 0 Å². The number of hydrogen-bond acceptors (Lipinski definition) is 3. The van der Waals surface area contributed by atoms with Crippen molar-refractivity contribution in [2.45, 2.75) is 58.2 Å². The average Bonchev–Trinajstić information content (AvgIpc) is 3.18. The minimum atomic E-state index is 0.671. The molecule has 2 fully saturated rings. The van der Waals surface area contributed by atoms with Crippen molar-refractivity contribution in [2.24, 2.45) is 13.0 Å². The molecule has 1 saturated heterocycles. The number of nitrogens with one attached hydrogen (secondary N) is 1. The molecule has 3 rings (SSSR count). The van der Waals surface area contributed by atoms with E-state index in [4.69, 9.17) is 0 Å². The van der Waals surface area contributed by atoms with Gasteiger partial charge in [-0.2, -0.15) is 5.10 Å². The molecule has 0 radical (unpaired) electrons. The van der Waals surface area contributed by atoms with Gasteiger partial charge in [-0.25, -0.2) is 0 Å². The summed E-state index contributed by atoms with van der Waals surface area (Å²) in [5, 5.41) is 8.25. The highest BCUT2D eigenvalue weighted by Crippen LogP contribution is 2.37. The molecular weight excluding hydrogens is 248 g/mol. The predicted molar refractivity (Wildman–Crippen MR) is 81.6 cm³/mol. The second-order valence-electron chi connectivity index (χ2n) is 6.63. The quantitative estimate of drug-likeness (QED) is 0.894. The Hall–Kier alpha value is -0.870. The highest BCUT2D eigenvalue weighted by Gasteiger charge is 2.38. The van der Waals surface area contributed by atoms with Crippen LogP contribution in [0.15, 0.2) is 6.07 Å². The van der Waals surface area contributed by atoms with Crippen molar-refractivity contribution in [2.75, 3.05) is 13.1 Å². The molecule has 0 bridgehead atoms. The first kappa shape index (κ1) is 14.1. The molecule has 0 aromatic carbocycles. The van der Waals surface area contributed by atoms with Gasteiger partial charge in [0, 0.05) is 38.8 Å². The number of hydrogen-bond donors (Lipinski definition) is 1. The van der Waals surface area contributed by atoms with Crippen molar-refractivity contribution in [3.05, 3.63) is 17.5 Å². The van der Waals surface area contributed by atoms with Gasteiger partial charge in [0.05, 0.1) is 11.4 Å². The Morgan fingerprint density at radius 2 is 2.20 bits per heavy atom. The average molecular weight is 276 g/mol. The predicted octanol–water partition coefficient (Wildman–Crippen LogP) is 2.08. The van der Waals surface area contributed by atoms with Gasteiger partial charge in [-0.15, -0.1) is 0 Å². The fourth-order valence-electron chi connectivity index (χ4n) is 3.59. The molecule has 2 atom stereocenters. The van der Waals surface area contributed by atoms with Crippen LogP contribution in [0.4, 0.5) is 0 Å². The summed E-state index contributed by atoms with van der Waals surface area (Å²) in [5.74, 6) is 0.930. The number of aromatic nitrogens is 2. The van der Waals surface area contributed by atoms with Gasteiger partial charge in [-0.3, -0.25) is 9.58 Å². The molecule has 1 N–H and O–H groups in total. The molecule has 4 heteroatoms. The van der Waals surface area contributed by atoms with Crippen molar-refractivity contribution in [3.63, 3.8) is 0 Å². The molecule has 1 saturated carbocycles. The van der Waals surface area contributed by atoms with Crippen molar-refractivity contribution < 1.29 is 0 Å². The Bertz CT molecular complexity index is 449. The van der Waals surface area contributed by atoms with E-state index < -0.39 is 0 Å². The topological polar surface area (TPSA) is 33.1 Å². The highest BCUT2D eigenvalue weighted by molar-refractivity contribution is 5.09. The fourth-order valence-corrected chi connectivity index (χ4v) is 3.59. The van der Waals surface area contributed by atoms with E-state index in [0.29, 0.717) is 6.04 Å². The molecule has 20 heavy (non-hydrogen) atoms. The fraction of sp³-hybridized carbons (Fsp3) is 0.812. The molecule has 0 amide bonds. The molecule has 1 aromatic heterocycles. The van der Waals surface area contributed by atoms with Crippen LogP contribution in [0.1, 0.15) is 44.0 Å². The van der Waals surface area contributed by atoms with Gasteiger partial charge in [-0.05, 0) is 38.2 Å². The third kappa shape index (κ3) is 3.07. The van der Waals surface area contributed by atoms with Crippen LogP contribution in [0.5, 0.6) is 0 Å². The summed E-state index contributed by atoms with van der Waals surface area (Å²) in [6.07, 6.45) is 5.40. The lowest BCUT2D eigenvalue weighted by atomic mass is 10.0. The van der Waals surface area contributed by atoms with E-state index in [9.17, 15) is 0 Å². The lowest BCUT2D eigenvalue weighted by molar-refractivity contribution is 0.101. The van der Waals surface area contributed by atoms with E-state index in [1.54, 1.807) is 0 Å². The molecule has 1 aromatic rings. The normalized spacial score (nSPS) is 27.9. The molecule has 2 heterocycles. The second-order valence-corrected chi connectivity index (χ2v) is 6.63. The Balaban J connectivity index is 1.70. The van der Waals surface area contributed by atoms with E-state index in [1.807, 2.05) is 0 Å². The zero-order chi connectivity index (χ0) is 14.1. The number of piperazine rings is 1. The van der Waals surface area contributed by atoms with E-state index >= 15 is 0 Å². The molecule has 2 unspecified atom stereocenters. The first-order chi connectivity index (χ1) is 9.67. The van der Waals surface area contributed by atoms with Crippen LogP contribution in [0.2, 0.25) is 0 Å². The van der Waals surface area contributed by atoms with Crippen molar-refractivity contribution in [3.8, 4) is 0 Å². The zero-order valence-corrected chi connectivity index (χ0v) is 13.1. The minimum Gasteiger partial charge on any atom is -0.311 e. The Kier molecular flexibility index (Phi) is 4.13. The smallest absolute Gasteiger partial charge is 0.0597 e. The maximum absolute atomic E-state index is 4.49. The van der Waals surface area contributed by atoms with E-state index in [1.165, 1.54) is 44.5 Å². The Morgan fingerprint density at radius 1 is 1.40 bits per heavy atom. The summed E-state index contributed by atoms with van der Waals surface area (Å²) in [7, 11) is 2.07. The summed E-state index contributed by atoms with van der Waals surface area (Å²) in [6.45, 7) is 7.79. The Morgan fingerprint density at radius 3 is 2.80 bits per heavy atom. The minimum absolute atomic E-state index is 0.671. The monoisotopic (exact) mass is 276 g/mol. The van der Waals surface area contributed by atoms with Gasteiger partial charge < -0.3 is 5.32 Å². The molecule has 2 aliphatic rings. The van der Waals surface area contributed by atoms with Crippen LogP contribution in [0.25, 0.3) is 0 Å². The summed E-state index contributed by atoms with van der Waals surface area (Å²) in [5.41, 5.74) is 2.48.